The standard InChI is InChI=1S/C19H22FN3O2/c20-16-8-15(9-21-10-16)18(24)22-11-14-6-7-23(17(14)12-22)19(25)13-4-2-1-3-5-13/h1-2,8-10,13-14,17H,3-7,11-12H2/t13?,14-,17+/m0/s1. The second-order valence-corrected chi connectivity index (χ2v) is 7.23. The molecule has 132 valence electrons. The number of halogens is 1. The Morgan fingerprint density at radius 1 is 1.16 bits per heavy atom. The van der Waals surface area contributed by atoms with Gasteiger partial charge in [-0.3, -0.25) is 14.6 Å². The van der Waals surface area contributed by atoms with Crippen molar-refractivity contribution in [2.75, 3.05) is 19.6 Å². The highest BCUT2D eigenvalue weighted by atomic mass is 19.1. The summed E-state index contributed by atoms with van der Waals surface area (Å²) >= 11 is 0. The van der Waals surface area contributed by atoms with E-state index in [2.05, 4.69) is 17.1 Å². The molecule has 1 unspecified atom stereocenters. The first-order valence-corrected chi connectivity index (χ1v) is 8.99. The van der Waals surface area contributed by atoms with E-state index >= 15 is 0 Å². The summed E-state index contributed by atoms with van der Waals surface area (Å²) in [6, 6.07) is 1.32. The third-order valence-corrected chi connectivity index (χ3v) is 5.69. The van der Waals surface area contributed by atoms with Crippen LogP contribution >= 0.6 is 0 Å². The van der Waals surface area contributed by atoms with Crippen LogP contribution in [0.1, 0.15) is 36.0 Å². The lowest BCUT2D eigenvalue weighted by Gasteiger charge is -2.29. The number of carbonyl (C=O) groups is 2. The summed E-state index contributed by atoms with van der Waals surface area (Å²) in [6.07, 6.45) is 10.4. The highest BCUT2D eigenvalue weighted by Gasteiger charge is 2.45. The first-order chi connectivity index (χ1) is 12.1. The maximum absolute atomic E-state index is 13.3. The molecule has 2 aliphatic heterocycles. The van der Waals surface area contributed by atoms with Crippen LogP contribution in [0.4, 0.5) is 4.39 Å². The lowest BCUT2D eigenvalue weighted by Crippen LogP contribution is -2.43. The summed E-state index contributed by atoms with van der Waals surface area (Å²) in [5, 5.41) is 0. The molecule has 1 aliphatic carbocycles. The summed E-state index contributed by atoms with van der Waals surface area (Å²) in [5.41, 5.74) is 0.273. The maximum Gasteiger partial charge on any atom is 0.255 e. The summed E-state index contributed by atoms with van der Waals surface area (Å²) < 4.78 is 13.3. The van der Waals surface area contributed by atoms with Gasteiger partial charge in [-0.25, -0.2) is 4.39 Å². The van der Waals surface area contributed by atoms with E-state index in [9.17, 15) is 14.0 Å². The molecule has 1 aromatic heterocycles. The minimum Gasteiger partial charge on any atom is -0.337 e. The van der Waals surface area contributed by atoms with Crippen LogP contribution in [0, 0.1) is 17.7 Å². The molecular weight excluding hydrogens is 321 g/mol. The number of aromatic nitrogens is 1. The van der Waals surface area contributed by atoms with Gasteiger partial charge in [0.1, 0.15) is 5.82 Å². The van der Waals surface area contributed by atoms with Crippen LogP contribution < -0.4 is 0 Å². The molecule has 2 saturated heterocycles. The largest absolute Gasteiger partial charge is 0.337 e. The van der Waals surface area contributed by atoms with Gasteiger partial charge in [0.05, 0.1) is 17.8 Å². The van der Waals surface area contributed by atoms with E-state index in [1.54, 1.807) is 4.90 Å². The quantitative estimate of drug-likeness (QED) is 0.774. The highest BCUT2D eigenvalue weighted by Crippen LogP contribution is 2.34. The number of rotatable bonds is 2. The van der Waals surface area contributed by atoms with Crippen LogP contribution in [0.15, 0.2) is 30.6 Å². The summed E-state index contributed by atoms with van der Waals surface area (Å²) in [5.74, 6) is -0.0603. The average molecular weight is 343 g/mol. The zero-order valence-corrected chi connectivity index (χ0v) is 14.1. The van der Waals surface area contributed by atoms with Crippen LogP contribution in [0.3, 0.4) is 0 Å². The minimum absolute atomic E-state index is 0.0842. The van der Waals surface area contributed by atoms with Gasteiger partial charge in [-0.1, -0.05) is 12.2 Å². The van der Waals surface area contributed by atoms with Crippen LogP contribution in [0.25, 0.3) is 0 Å². The molecule has 6 heteroatoms. The third-order valence-electron chi connectivity index (χ3n) is 5.69. The van der Waals surface area contributed by atoms with Gasteiger partial charge in [-0.15, -0.1) is 0 Å². The van der Waals surface area contributed by atoms with Crippen molar-refractivity contribution in [3.8, 4) is 0 Å². The maximum atomic E-state index is 13.3. The molecule has 2 fully saturated rings. The van der Waals surface area contributed by atoms with E-state index in [4.69, 9.17) is 0 Å². The molecule has 0 saturated carbocycles. The van der Waals surface area contributed by atoms with Gasteiger partial charge >= 0.3 is 0 Å². The highest BCUT2D eigenvalue weighted by molar-refractivity contribution is 5.94. The van der Waals surface area contributed by atoms with E-state index in [1.807, 2.05) is 4.90 Å². The number of pyridine rings is 1. The normalized spacial score (nSPS) is 28.3. The molecule has 0 aromatic carbocycles. The van der Waals surface area contributed by atoms with Crippen LogP contribution in [-0.4, -0.2) is 52.3 Å². The first-order valence-electron chi connectivity index (χ1n) is 8.99. The molecular formula is C19H22FN3O2. The van der Waals surface area contributed by atoms with Crippen molar-refractivity contribution in [1.82, 2.24) is 14.8 Å². The number of likely N-dealkylation sites (tertiary alicyclic amines) is 2. The Morgan fingerprint density at radius 2 is 2.04 bits per heavy atom. The van der Waals surface area contributed by atoms with E-state index < -0.39 is 5.82 Å². The van der Waals surface area contributed by atoms with E-state index in [-0.39, 0.29) is 29.3 Å². The number of hydrogen-bond donors (Lipinski definition) is 0. The van der Waals surface area contributed by atoms with Crippen molar-refractivity contribution >= 4 is 11.8 Å². The van der Waals surface area contributed by atoms with Gasteiger partial charge in [0.2, 0.25) is 5.91 Å². The number of nitrogens with zero attached hydrogens (tertiary/aromatic N) is 3. The van der Waals surface area contributed by atoms with Gasteiger partial charge in [0.15, 0.2) is 0 Å². The van der Waals surface area contributed by atoms with Crippen LogP contribution in [0.5, 0.6) is 0 Å². The monoisotopic (exact) mass is 343 g/mol. The molecule has 3 aliphatic rings. The Kier molecular flexibility index (Phi) is 4.27. The summed E-state index contributed by atoms with van der Waals surface area (Å²) in [6.45, 7) is 1.96. The van der Waals surface area contributed by atoms with Crippen molar-refractivity contribution in [3.05, 3.63) is 42.0 Å². The second-order valence-electron chi connectivity index (χ2n) is 7.23. The molecule has 0 spiro atoms. The fraction of sp³-hybridized carbons (Fsp3) is 0.526. The Hall–Kier alpha value is -2.24. The number of amides is 2. The van der Waals surface area contributed by atoms with Gasteiger partial charge in [-0.05, 0) is 31.7 Å². The van der Waals surface area contributed by atoms with Crippen molar-refractivity contribution in [2.24, 2.45) is 11.8 Å². The number of hydrogen-bond acceptors (Lipinski definition) is 3. The van der Waals surface area contributed by atoms with Crippen LogP contribution in [-0.2, 0) is 4.79 Å². The molecule has 5 nitrogen and oxygen atoms in total. The van der Waals surface area contributed by atoms with Gasteiger partial charge in [-0.2, -0.15) is 0 Å². The molecule has 0 bridgehead atoms. The van der Waals surface area contributed by atoms with Gasteiger partial charge < -0.3 is 9.80 Å². The molecule has 0 radical (unpaired) electrons. The number of fused-ring (bicyclic) bond motifs is 1. The zero-order valence-electron chi connectivity index (χ0n) is 14.1. The predicted octanol–water partition coefficient (Wildman–Crippen LogP) is 2.25. The van der Waals surface area contributed by atoms with E-state index in [0.29, 0.717) is 19.0 Å². The predicted molar refractivity (Wildman–Crippen MR) is 90.2 cm³/mol. The topological polar surface area (TPSA) is 53.5 Å². The summed E-state index contributed by atoms with van der Waals surface area (Å²) in [7, 11) is 0. The Bertz CT molecular complexity index is 720. The molecule has 3 heterocycles. The van der Waals surface area contributed by atoms with Crippen molar-refractivity contribution < 1.29 is 14.0 Å². The Labute approximate surface area is 146 Å². The second kappa shape index (κ2) is 6.58. The molecule has 25 heavy (non-hydrogen) atoms. The SMILES string of the molecule is O=C(c1cncc(F)c1)N1C[C@@H]2CCN(C(=O)C3CC=CCC3)[C@@H]2C1. The fourth-order valence-corrected chi connectivity index (χ4v) is 4.36. The van der Waals surface area contributed by atoms with E-state index in [0.717, 1.165) is 38.4 Å². The van der Waals surface area contributed by atoms with Crippen LogP contribution in [0.2, 0.25) is 0 Å². The molecule has 3 atom stereocenters. The molecule has 4 rings (SSSR count). The minimum atomic E-state index is -0.507. The fourth-order valence-electron chi connectivity index (χ4n) is 4.36. The molecule has 1 aromatic rings. The van der Waals surface area contributed by atoms with Gasteiger partial charge in [0, 0.05) is 37.7 Å². The van der Waals surface area contributed by atoms with Crippen molar-refractivity contribution in [3.63, 3.8) is 0 Å². The average Bonchev–Trinajstić information content (AvgIpc) is 3.22. The lowest BCUT2D eigenvalue weighted by atomic mass is 9.92. The van der Waals surface area contributed by atoms with Crippen molar-refractivity contribution in [2.45, 2.75) is 31.7 Å². The smallest absolute Gasteiger partial charge is 0.255 e. The third kappa shape index (κ3) is 3.05. The number of allylic oxidation sites excluding steroid dienone is 2. The lowest BCUT2D eigenvalue weighted by molar-refractivity contribution is -0.136. The molecule has 2 amide bonds. The Balaban J connectivity index is 1.45. The zero-order chi connectivity index (χ0) is 17.4. The van der Waals surface area contributed by atoms with Gasteiger partial charge in [0.25, 0.3) is 5.91 Å². The first kappa shape index (κ1) is 16.2. The Morgan fingerprint density at radius 3 is 2.80 bits per heavy atom. The summed E-state index contributed by atoms with van der Waals surface area (Å²) in [4.78, 5) is 33.0. The van der Waals surface area contributed by atoms with Crippen molar-refractivity contribution in [1.29, 1.82) is 0 Å². The number of carbonyl (C=O) groups excluding carboxylic acids is 2. The molecule has 0 N–H and O–H groups in total. The van der Waals surface area contributed by atoms with E-state index in [1.165, 1.54) is 12.3 Å².